The lowest BCUT2D eigenvalue weighted by atomic mass is 10.0. The average Bonchev–Trinajstić information content (AvgIpc) is 2.22. The maximum Gasteiger partial charge on any atom is 0.0386 e. The third-order valence-corrected chi connectivity index (χ3v) is 1.81. The molecule has 1 aromatic carbocycles. The second-order valence-electron chi connectivity index (χ2n) is 2.54. The van der Waals surface area contributed by atoms with Crippen LogP contribution < -0.4 is 5.32 Å². The smallest absolute Gasteiger partial charge is 0.0386 e. The number of hydrogen-bond donors (Lipinski definition) is 1. The van der Waals surface area contributed by atoms with Gasteiger partial charge in [-0.15, -0.1) is 0 Å². The van der Waals surface area contributed by atoms with Crippen molar-refractivity contribution in [3.63, 3.8) is 0 Å². The van der Waals surface area contributed by atoms with Gasteiger partial charge in [-0.2, -0.15) is 0 Å². The van der Waals surface area contributed by atoms with Gasteiger partial charge >= 0.3 is 0 Å². The first-order valence-electron chi connectivity index (χ1n) is 4.59. The monoisotopic (exact) mass is 173 g/mol. The van der Waals surface area contributed by atoms with E-state index in [0.717, 1.165) is 5.70 Å². The van der Waals surface area contributed by atoms with Gasteiger partial charge in [0, 0.05) is 17.5 Å². The lowest BCUT2D eigenvalue weighted by Crippen LogP contribution is -2.07. The number of nitrogens with one attached hydrogen (secondary N) is 1. The molecule has 1 aliphatic heterocycles. The first-order valence-corrected chi connectivity index (χ1v) is 4.59. The second kappa shape index (κ2) is 4.51. The lowest BCUT2D eigenvalue weighted by Gasteiger charge is -2.13. The van der Waals surface area contributed by atoms with Gasteiger partial charge in [0.15, 0.2) is 0 Å². The van der Waals surface area contributed by atoms with Gasteiger partial charge in [-0.05, 0) is 11.6 Å². The zero-order valence-corrected chi connectivity index (χ0v) is 8.17. The fraction of sp³-hybridized carbons (Fsp3) is 0.167. The molecule has 0 amide bonds. The van der Waals surface area contributed by atoms with E-state index in [0.29, 0.717) is 0 Å². The average molecular weight is 173 g/mol. The molecule has 68 valence electrons. The van der Waals surface area contributed by atoms with Crippen molar-refractivity contribution in [2.75, 3.05) is 0 Å². The minimum absolute atomic E-state index is 0.975. The summed E-state index contributed by atoms with van der Waals surface area (Å²) >= 11 is 0. The van der Waals surface area contributed by atoms with Crippen molar-refractivity contribution in [3.05, 3.63) is 48.2 Å². The summed E-state index contributed by atoms with van der Waals surface area (Å²) in [4.78, 5) is 0. The molecule has 0 saturated carbocycles. The van der Waals surface area contributed by atoms with Gasteiger partial charge in [-0.25, -0.2) is 0 Å². The maximum absolute atomic E-state index is 3.89. The number of rotatable bonds is 0. The zero-order chi connectivity index (χ0) is 9.68. The Bertz CT molecular complexity index is 324. The van der Waals surface area contributed by atoms with Crippen molar-refractivity contribution >= 4 is 11.8 Å². The summed E-state index contributed by atoms with van der Waals surface area (Å²) in [6, 6.07) is 8.19. The Morgan fingerprint density at radius 2 is 1.85 bits per heavy atom. The van der Waals surface area contributed by atoms with Crippen LogP contribution >= 0.6 is 0 Å². The van der Waals surface area contributed by atoms with Crippen LogP contribution in [0.3, 0.4) is 0 Å². The Morgan fingerprint density at radius 3 is 2.54 bits per heavy atom. The van der Waals surface area contributed by atoms with Crippen LogP contribution in [0.25, 0.3) is 11.8 Å². The first kappa shape index (κ1) is 9.59. The van der Waals surface area contributed by atoms with Crippen LogP contribution in [0, 0.1) is 0 Å². The van der Waals surface area contributed by atoms with Crippen LogP contribution in [0.15, 0.2) is 37.0 Å². The molecule has 0 saturated heterocycles. The Balaban J connectivity index is 0.000000396. The molecule has 0 atom stereocenters. The molecule has 0 bridgehead atoms. The molecular formula is C12H15N. The minimum atomic E-state index is 0.975. The highest BCUT2D eigenvalue weighted by Crippen LogP contribution is 2.19. The summed E-state index contributed by atoms with van der Waals surface area (Å²) in [7, 11) is 0. The summed E-state index contributed by atoms with van der Waals surface area (Å²) in [5.41, 5.74) is 3.40. The third kappa shape index (κ3) is 2.00. The summed E-state index contributed by atoms with van der Waals surface area (Å²) in [6.07, 6.45) is 3.95. The SMILES string of the molecule is C=C1NC=Cc2ccccc21.CC. The number of benzene rings is 1. The molecule has 1 heterocycles. The molecule has 0 aliphatic carbocycles. The van der Waals surface area contributed by atoms with E-state index in [4.69, 9.17) is 0 Å². The van der Waals surface area contributed by atoms with E-state index in [1.54, 1.807) is 0 Å². The molecule has 0 unspecified atom stereocenters. The zero-order valence-electron chi connectivity index (χ0n) is 8.17. The molecule has 0 aromatic heterocycles. The van der Waals surface area contributed by atoms with Crippen molar-refractivity contribution in [2.45, 2.75) is 13.8 Å². The van der Waals surface area contributed by atoms with Gasteiger partial charge in [0.1, 0.15) is 0 Å². The minimum Gasteiger partial charge on any atom is -0.362 e. The van der Waals surface area contributed by atoms with Crippen LogP contribution in [0.1, 0.15) is 25.0 Å². The van der Waals surface area contributed by atoms with Crippen LogP contribution in [0.4, 0.5) is 0 Å². The fourth-order valence-corrected chi connectivity index (χ4v) is 1.23. The molecule has 1 heteroatoms. The van der Waals surface area contributed by atoms with Gasteiger partial charge < -0.3 is 5.32 Å². The van der Waals surface area contributed by atoms with Gasteiger partial charge in [0.2, 0.25) is 0 Å². The van der Waals surface area contributed by atoms with Crippen LogP contribution in [0.2, 0.25) is 0 Å². The molecule has 1 N–H and O–H groups in total. The third-order valence-electron chi connectivity index (χ3n) is 1.81. The normalized spacial score (nSPS) is 12.3. The molecule has 0 spiro atoms. The summed E-state index contributed by atoms with van der Waals surface area (Å²) in [5, 5.41) is 3.06. The topological polar surface area (TPSA) is 12.0 Å². The molecule has 13 heavy (non-hydrogen) atoms. The lowest BCUT2D eigenvalue weighted by molar-refractivity contribution is 1.21. The largest absolute Gasteiger partial charge is 0.362 e. The molecule has 0 radical (unpaired) electrons. The van der Waals surface area contributed by atoms with Crippen molar-refractivity contribution in [2.24, 2.45) is 0 Å². The molecule has 2 rings (SSSR count). The first-order chi connectivity index (χ1) is 6.38. The van der Waals surface area contributed by atoms with Crippen LogP contribution in [-0.4, -0.2) is 0 Å². The van der Waals surface area contributed by atoms with E-state index in [9.17, 15) is 0 Å². The Hall–Kier alpha value is -1.50. The molecule has 1 aromatic rings. The maximum atomic E-state index is 3.89. The standard InChI is InChI=1S/C10H9N.C2H6/c1-8-10-5-3-2-4-9(10)6-7-11-8;1-2/h2-7,11H,1H2;1-2H3. The Morgan fingerprint density at radius 1 is 1.15 bits per heavy atom. The number of fused-ring (bicyclic) bond motifs is 1. The van der Waals surface area contributed by atoms with E-state index in [1.165, 1.54) is 11.1 Å². The Kier molecular flexibility index (Phi) is 3.32. The molecule has 1 nitrogen and oxygen atoms in total. The Labute approximate surface area is 79.8 Å². The summed E-state index contributed by atoms with van der Waals surface area (Å²) < 4.78 is 0. The fourth-order valence-electron chi connectivity index (χ4n) is 1.23. The predicted octanol–water partition coefficient (Wildman–Crippen LogP) is 3.26. The second-order valence-corrected chi connectivity index (χ2v) is 2.54. The van der Waals surface area contributed by atoms with E-state index in [-0.39, 0.29) is 0 Å². The van der Waals surface area contributed by atoms with Gasteiger partial charge in [-0.3, -0.25) is 0 Å². The van der Waals surface area contributed by atoms with E-state index < -0.39 is 0 Å². The summed E-state index contributed by atoms with van der Waals surface area (Å²) in [5.74, 6) is 0. The quantitative estimate of drug-likeness (QED) is 0.635. The summed E-state index contributed by atoms with van der Waals surface area (Å²) in [6.45, 7) is 7.89. The van der Waals surface area contributed by atoms with E-state index in [1.807, 2.05) is 38.3 Å². The van der Waals surface area contributed by atoms with Crippen LogP contribution in [-0.2, 0) is 0 Å². The van der Waals surface area contributed by atoms with Gasteiger partial charge in [-0.1, -0.05) is 44.7 Å². The molecule has 0 fully saturated rings. The molecular weight excluding hydrogens is 158 g/mol. The predicted molar refractivity (Wildman–Crippen MR) is 59.0 cm³/mol. The van der Waals surface area contributed by atoms with Gasteiger partial charge in [0.25, 0.3) is 0 Å². The van der Waals surface area contributed by atoms with Crippen molar-refractivity contribution in [1.82, 2.24) is 5.32 Å². The highest BCUT2D eigenvalue weighted by Gasteiger charge is 2.04. The van der Waals surface area contributed by atoms with E-state index in [2.05, 4.69) is 24.0 Å². The number of hydrogen-bond acceptors (Lipinski definition) is 1. The van der Waals surface area contributed by atoms with Gasteiger partial charge in [0.05, 0.1) is 0 Å². The van der Waals surface area contributed by atoms with Crippen molar-refractivity contribution in [3.8, 4) is 0 Å². The van der Waals surface area contributed by atoms with Crippen LogP contribution in [0.5, 0.6) is 0 Å². The van der Waals surface area contributed by atoms with Crippen molar-refractivity contribution < 1.29 is 0 Å². The van der Waals surface area contributed by atoms with Crippen molar-refractivity contribution in [1.29, 1.82) is 0 Å². The highest BCUT2D eigenvalue weighted by molar-refractivity contribution is 5.76. The highest BCUT2D eigenvalue weighted by atomic mass is 14.9. The van der Waals surface area contributed by atoms with E-state index >= 15 is 0 Å². The molecule has 1 aliphatic rings.